The number of benzene rings is 1. The molecule has 1 aliphatic heterocycles. The molecule has 3 rings (SSSR count). The summed E-state index contributed by atoms with van der Waals surface area (Å²) in [6.07, 6.45) is 0.967. The van der Waals surface area contributed by atoms with Crippen molar-refractivity contribution >= 4 is 10.9 Å². The van der Waals surface area contributed by atoms with Gasteiger partial charge in [0, 0.05) is 35.2 Å². The maximum Gasteiger partial charge on any atom is 0.210 e. The molecular weight excluding hydrogens is 268 g/mol. The quantitative estimate of drug-likeness (QED) is 0.644. The molecule has 0 saturated carbocycles. The molecule has 2 aromatic rings. The van der Waals surface area contributed by atoms with Crippen LogP contribution in [0.25, 0.3) is 10.9 Å². The molecule has 1 N–H and O–H groups in total. The minimum atomic E-state index is -0.267. The van der Waals surface area contributed by atoms with Gasteiger partial charge in [-0.1, -0.05) is 19.0 Å². The monoisotopic (exact) mass is 286 g/mol. The molecule has 0 radical (unpaired) electrons. The maximum atomic E-state index is 12.4. The third-order valence-corrected chi connectivity index (χ3v) is 4.30. The van der Waals surface area contributed by atoms with Crippen LogP contribution in [0, 0.1) is 0 Å². The number of aromatic nitrogens is 1. The molecule has 0 saturated heterocycles. The minimum Gasteiger partial charge on any atom is -0.497 e. The zero-order chi connectivity index (χ0) is 15.2. The molecule has 1 aromatic heterocycles. The first-order valence-corrected chi connectivity index (χ1v) is 6.92. The zero-order valence-corrected chi connectivity index (χ0v) is 12.4. The predicted molar refractivity (Wildman–Crippen MR) is 79.8 cm³/mol. The van der Waals surface area contributed by atoms with Gasteiger partial charge < -0.3 is 14.5 Å². The smallest absolute Gasteiger partial charge is 0.210 e. The highest BCUT2D eigenvalue weighted by Gasteiger charge is 2.30. The lowest BCUT2D eigenvalue weighted by Gasteiger charge is -2.16. The lowest BCUT2D eigenvalue weighted by atomic mass is 9.88. The van der Waals surface area contributed by atoms with Gasteiger partial charge in [-0.25, -0.2) is 0 Å². The highest BCUT2D eigenvalue weighted by Crippen LogP contribution is 2.34. The number of aryl methyl sites for hydroxylation is 1. The van der Waals surface area contributed by atoms with E-state index in [-0.39, 0.29) is 16.2 Å². The number of nitrogens with zero attached hydrogens (tertiary/aromatic N) is 2. The Bertz CT molecular complexity index is 850. The summed E-state index contributed by atoms with van der Waals surface area (Å²) in [7, 11) is 1.61. The minimum absolute atomic E-state index is 0.0744. The molecule has 5 heteroatoms. The number of methoxy groups -OCH3 is 1. The van der Waals surface area contributed by atoms with Gasteiger partial charge in [-0.05, 0) is 18.6 Å². The topological polar surface area (TPSA) is 63.8 Å². The Kier molecular flexibility index (Phi) is 3.01. The average Bonchev–Trinajstić information content (AvgIpc) is 2.68. The van der Waals surface area contributed by atoms with Gasteiger partial charge in [-0.3, -0.25) is 4.79 Å². The summed E-state index contributed by atoms with van der Waals surface area (Å²) in [4.78, 5) is 12.4. The Morgan fingerprint density at radius 2 is 2.10 bits per heavy atom. The normalized spacial score (nSPS) is 17.0. The Morgan fingerprint density at radius 1 is 1.33 bits per heavy atom. The Labute approximate surface area is 122 Å². The van der Waals surface area contributed by atoms with Gasteiger partial charge in [0.05, 0.1) is 12.6 Å². The van der Waals surface area contributed by atoms with Crippen molar-refractivity contribution < 1.29 is 9.94 Å². The second kappa shape index (κ2) is 4.62. The first kappa shape index (κ1) is 13.7. The molecule has 0 aliphatic carbocycles. The van der Waals surface area contributed by atoms with Gasteiger partial charge >= 0.3 is 0 Å². The van der Waals surface area contributed by atoms with Crippen molar-refractivity contribution in [2.75, 3.05) is 7.11 Å². The van der Waals surface area contributed by atoms with E-state index in [1.165, 1.54) is 0 Å². The van der Waals surface area contributed by atoms with E-state index in [9.17, 15) is 10.0 Å². The van der Waals surface area contributed by atoms with E-state index >= 15 is 0 Å². The summed E-state index contributed by atoms with van der Waals surface area (Å²) in [5.74, 6) is 0.712. The number of fused-ring (bicyclic) bond motifs is 3. The van der Waals surface area contributed by atoms with Crippen molar-refractivity contribution in [3.63, 3.8) is 0 Å². The van der Waals surface area contributed by atoms with Gasteiger partial charge in [0.2, 0.25) is 5.43 Å². The number of rotatable bonds is 1. The molecule has 0 unspecified atom stereocenters. The van der Waals surface area contributed by atoms with E-state index in [4.69, 9.17) is 4.74 Å². The molecule has 0 atom stereocenters. The maximum absolute atomic E-state index is 12.4. The van der Waals surface area contributed by atoms with Crippen LogP contribution in [-0.4, -0.2) is 16.9 Å². The third kappa shape index (κ3) is 2.00. The summed E-state index contributed by atoms with van der Waals surface area (Å²) in [6.45, 7) is 5.06. The first-order valence-electron chi connectivity index (χ1n) is 6.92. The molecule has 0 fully saturated rings. The molecule has 110 valence electrons. The van der Waals surface area contributed by atoms with Gasteiger partial charge in [-0.15, -0.1) is 0 Å². The van der Waals surface area contributed by atoms with Crippen LogP contribution < -0.4 is 15.5 Å². The van der Waals surface area contributed by atoms with Crippen LogP contribution in [-0.2, 0) is 12.0 Å². The lowest BCUT2D eigenvalue weighted by Crippen LogP contribution is -2.23. The molecule has 0 spiro atoms. The fraction of sp³-hybridized carbons (Fsp3) is 0.375. The molecular formula is C16H18N2O3. The summed E-state index contributed by atoms with van der Waals surface area (Å²) in [5, 5.41) is 13.2. The van der Waals surface area contributed by atoms with E-state index in [0.717, 1.165) is 24.2 Å². The fourth-order valence-electron chi connectivity index (χ4n) is 3.02. The second-order valence-corrected chi connectivity index (χ2v) is 6.01. The van der Waals surface area contributed by atoms with Crippen LogP contribution in [0.3, 0.4) is 0 Å². The molecule has 1 aliphatic rings. The van der Waals surface area contributed by atoms with Gasteiger partial charge in [0.25, 0.3) is 0 Å². The van der Waals surface area contributed by atoms with Crippen molar-refractivity contribution in [3.8, 4) is 5.75 Å². The average molecular weight is 286 g/mol. The highest BCUT2D eigenvalue weighted by molar-refractivity contribution is 5.80. The Morgan fingerprint density at radius 3 is 2.76 bits per heavy atom. The first-order chi connectivity index (χ1) is 9.97. The molecule has 2 heterocycles. The fourth-order valence-corrected chi connectivity index (χ4v) is 3.02. The van der Waals surface area contributed by atoms with E-state index < -0.39 is 0 Å². The second-order valence-electron chi connectivity index (χ2n) is 6.01. The van der Waals surface area contributed by atoms with Crippen LogP contribution in [0.15, 0.2) is 34.2 Å². The summed E-state index contributed by atoms with van der Waals surface area (Å²) >= 11 is 0. The Balaban J connectivity index is 2.59. The predicted octanol–water partition coefficient (Wildman–Crippen LogP) is 1.98. The van der Waals surface area contributed by atoms with Gasteiger partial charge in [-0.2, -0.15) is 0 Å². The zero-order valence-electron chi connectivity index (χ0n) is 12.4. The van der Waals surface area contributed by atoms with Gasteiger partial charge in [0.15, 0.2) is 5.36 Å². The number of ether oxygens (including phenoxy) is 1. The number of hydrogen-bond acceptors (Lipinski definition) is 4. The number of hydrogen-bond donors (Lipinski definition) is 1. The van der Waals surface area contributed by atoms with Crippen molar-refractivity contribution in [2.45, 2.75) is 32.2 Å². The van der Waals surface area contributed by atoms with Crippen molar-refractivity contribution in [3.05, 3.63) is 45.5 Å². The molecule has 5 nitrogen and oxygen atoms in total. The van der Waals surface area contributed by atoms with Crippen molar-refractivity contribution in [1.82, 2.24) is 4.57 Å². The molecule has 1 aromatic carbocycles. The SMILES string of the molecule is COc1ccc2/c(=N\O)c(=O)cc3n(c2c1)CCC3(C)C. The van der Waals surface area contributed by atoms with Crippen LogP contribution in [0.1, 0.15) is 26.0 Å². The third-order valence-electron chi connectivity index (χ3n) is 4.30. The molecule has 21 heavy (non-hydrogen) atoms. The van der Waals surface area contributed by atoms with Crippen LogP contribution in [0.5, 0.6) is 5.75 Å². The van der Waals surface area contributed by atoms with Crippen LogP contribution in [0.2, 0.25) is 0 Å². The largest absolute Gasteiger partial charge is 0.497 e. The summed E-state index contributed by atoms with van der Waals surface area (Å²) < 4.78 is 7.40. The van der Waals surface area contributed by atoms with E-state index in [1.807, 2.05) is 6.07 Å². The van der Waals surface area contributed by atoms with Gasteiger partial charge in [0.1, 0.15) is 5.75 Å². The molecule has 0 bridgehead atoms. The Hall–Kier alpha value is -2.30. The van der Waals surface area contributed by atoms with E-state index in [0.29, 0.717) is 11.1 Å². The van der Waals surface area contributed by atoms with E-state index in [2.05, 4.69) is 23.6 Å². The lowest BCUT2D eigenvalue weighted by molar-refractivity contribution is 0.302. The van der Waals surface area contributed by atoms with Crippen molar-refractivity contribution in [1.29, 1.82) is 0 Å². The van der Waals surface area contributed by atoms with Crippen LogP contribution in [0.4, 0.5) is 0 Å². The summed E-state index contributed by atoms with van der Waals surface area (Å²) in [6, 6.07) is 7.01. The summed E-state index contributed by atoms with van der Waals surface area (Å²) in [5.41, 5.74) is 1.46. The van der Waals surface area contributed by atoms with Crippen molar-refractivity contribution in [2.24, 2.45) is 5.16 Å². The standard InChI is InChI=1S/C16H18N2O3/c1-16(2)6-7-18-12-8-10(21-3)4-5-11(12)15(17-20)13(19)9-14(16)18/h4-5,8-9,20H,6-7H2,1-3H3/b17-15+. The van der Waals surface area contributed by atoms with E-state index in [1.54, 1.807) is 25.3 Å². The highest BCUT2D eigenvalue weighted by atomic mass is 16.5. The van der Waals surface area contributed by atoms with Crippen LogP contribution >= 0.6 is 0 Å². The molecule has 0 amide bonds.